The van der Waals surface area contributed by atoms with Gasteiger partial charge in [-0.05, 0) is 17.7 Å². The van der Waals surface area contributed by atoms with E-state index >= 15 is 0 Å². The van der Waals surface area contributed by atoms with Gasteiger partial charge in [-0.2, -0.15) is 0 Å². The molecule has 0 saturated heterocycles. The van der Waals surface area contributed by atoms with Crippen LogP contribution in [0.3, 0.4) is 0 Å². The van der Waals surface area contributed by atoms with Gasteiger partial charge in [0.15, 0.2) is 5.12 Å². The van der Waals surface area contributed by atoms with Crippen molar-refractivity contribution in [3.05, 3.63) is 42.0 Å². The lowest BCUT2D eigenvalue weighted by Crippen LogP contribution is -1.84. The monoisotopic (exact) mass is 230 g/mol. The molecule has 0 aliphatic carbocycles. The molecule has 0 spiro atoms. The van der Waals surface area contributed by atoms with Crippen LogP contribution in [0.5, 0.6) is 0 Å². The van der Waals surface area contributed by atoms with Crippen molar-refractivity contribution < 1.29 is 4.79 Å². The zero-order chi connectivity index (χ0) is 11.8. The van der Waals surface area contributed by atoms with E-state index < -0.39 is 0 Å². The maximum atomic E-state index is 10.7. The molecule has 0 heterocycles. The molecule has 0 N–H and O–H groups in total. The fourth-order valence-electron chi connectivity index (χ4n) is 1.15. The van der Waals surface area contributed by atoms with E-state index in [1.54, 1.807) is 13.0 Å². The summed E-state index contributed by atoms with van der Waals surface area (Å²) in [6.45, 7) is 5.29. The van der Waals surface area contributed by atoms with Crippen LogP contribution in [0.4, 0.5) is 0 Å². The Kier molecular flexibility index (Phi) is 5.45. The van der Waals surface area contributed by atoms with Gasteiger partial charge in [-0.15, -0.1) is 0 Å². The van der Waals surface area contributed by atoms with E-state index in [4.69, 9.17) is 0 Å². The summed E-state index contributed by atoms with van der Waals surface area (Å²) in [5.74, 6) is 6.89. The highest BCUT2D eigenvalue weighted by Gasteiger charge is 1.91. The number of carbonyl (C=O) groups excluding carboxylic acids is 1. The van der Waals surface area contributed by atoms with Crippen LogP contribution in [-0.4, -0.2) is 10.9 Å². The van der Waals surface area contributed by atoms with E-state index in [2.05, 4.69) is 18.4 Å². The largest absolute Gasteiger partial charge is 0.288 e. The predicted octanol–water partition coefficient (Wildman–Crippen LogP) is 3.35. The molecule has 0 saturated carbocycles. The highest BCUT2D eigenvalue weighted by molar-refractivity contribution is 8.13. The van der Waals surface area contributed by atoms with Crippen molar-refractivity contribution in [2.75, 3.05) is 5.75 Å². The van der Waals surface area contributed by atoms with Gasteiger partial charge in [-0.3, -0.25) is 4.79 Å². The number of rotatable bonds is 3. The molecule has 0 fully saturated rings. The Hall–Kier alpha value is -1.46. The topological polar surface area (TPSA) is 17.1 Å². The van der Waals surface area contributed by atoms with Crippen LogP contribution in [0.15, 0.2) is 30.8 Å². The van der Waals surface area contributed by atoms with E-state index in [1.165, 1.54) is 11.8 Å². The van der Waals surface area contributed by atoms with Gasteiger partial charge in [0.1, 0.15) is 0 Å². The third kappa shape index (κ3) is 4.86. The molecule has 0 aliphatic rings. The summed E-state index contributed by atoms with van der Waals surface area (Å²) in [5, 5.41) is 0.149. The Balaban J connectivity index is 2.49. The summed E-state index contributed by atoms with van der Waals surface area (Å²) < 4.78 is 0. The van der Waals surface area contributed by atoms with Crippen LogP contribution >= 0.6 is 11.8 Å². The van der Waals surface area contributed by atoms with Crippen LogP contribution in [0, 0.1) is 11.8 Å². The molecule has 0 bridgehead atoms. The summed E-state index contributed by atoms with van der Waals surface area (Å²) in [6.07, 6.45) is 2.54. The molecule has 0 aromatic heterocycles. The second kappa shape index (κ2) is 6.92. The summed E-state index contributed by atoms with van der Waals surface area (Å²) in [4.78, 5) is 10.7. The molecule has 0 unspecified atom stereocenters. The van der Waals surface area contributed by atoms with Crippen molar-refractivity contribution >= 4 is 23.0 Å². The van der Waals surface area contributed by atoms with E-state index in [0.29, 0.717) is 0 Å². The fraction of sp³-hybridized carbons (Fsp3) is 0.214. The molecular weight excluding hydrogens is 216 g/mol. The van der Waals surface area contributed by atoms with Crippen molar-refractivity contribution in [1.82, 2.24) is 0 Å². The zero-order valence-electron chi connectivity index (χ0n) is 9.32. The number of thioether (sulfide) groups is 1. The van der Waals surface area contributed by atoms with Crippen LogP contribution in [0.1, 0.15) is 24.5 Å². The first-order valence-electron chi connectivity index (χ1n) is 5.07. The Morgan fingerprint density at radius 1 is 1.56 bits per heavy atom. The summed E-state index contributed by atoms with van der Waals surface area (Å²) in [6, 6.07) is 7.92. The average molecular weight is 230 g/mol. The Morgan fingerprint density at radius 3 is 3.06 bits per heavy atom. The minimum atomic E-state index is 0.149. The maximum Gasteiger partial charge on any atom is 0.185 e. The molecular formula is C14H14OS. The van der Waals surface area contributed by atoms with Crippen molar-refractivity contribution in [3.8, 4) is 11.8 Å². The number of hydrogen-bond acceptors (Lipinski definition) is 2. The van der Waals surface area contributed by atoms with Gasteiger partial charge in [0.2, 0.25) is 0 Å². The standard InChI is InChI=1S/C14H14OS/c1-3-13-8-6-9-14(11-13)7-4-5-10-16-12(2)15/h3,6,8-9,11H,1,5,10H2,2H3. The molecule has 0 radical (unpaired) electrons. The lowest BCUT2D eigenvalue weighted by atomic mass is 10.1. The molecule has 2 heteroatoms. The second-order valence-corrected chi connectivity index (χ2v) is 4.49. The first kappa shape index (κ1) is 12.6. The normalized spacial score (nSPS) is 9.06. The van der Waals surface area contributed by atoms with Gasteiger partial charge in [0.25, 0.3) is 0 Å². The number of hydrogen-bond donors (Lipinski definition) is 0. The van der Waals surface area contributed by atoms with Crippen molar-refractivity contribution in [2.24, 2.45) is 0 Å². The molecule has 82 valence electrons. The molecule has 1 aromatic rings. The van der Waals surface area contributed by atoms with Crippen molar-refractivity contribution in [1.29, 1.82) is 0 Å². The third-order valence-electron chi connectivity index (χ3n) is 1.89. The molecule has 0 atom stereocenters. The molecule has 16 heavy (non-hydrogen) atoms. The van der Waals surface area contributed by atoms with Gasteiger partial charge in [0, 0.05) is 24.7 Å². The maximum absolute atomic E-state index is 10.7. The number of carbonyl (C=O) groups is 1. The molecule has 0 aliphatic heterocycles. The predicted molar refractivity (Wildman–Crippen MR) is 71.2 cm³/mol. The highest BCUT2D eigenvalue weighted by atomic mass is 32.2. The van der Waals surface area contributed by atoms with Gasteiger partial charge < -0.3 is 0 Å². The zero-order valence-corrected chi connectivity index (χ0v) is 10.1. The second-order valence-electron chi connectivity index (χ2n) is 3.22. The Morgan fingerprint density at radius 2 is 2.38 bits per heavy atom. The molecule has 1 aromatic carbocycles. The quantitative estimate of drug-likeness (QED) is 0.585. The van der Waals surface area contributed by atoms with Gasteiger partial charge in [0.05, 0.1) is 0 Å². The first-order chi connectivity index (χ1) is 7.72. The van der Waals surface area contributed by atoms with Gasteiger partial charge in [-0.1, -0.05) is 48.4 Å². The smallest absolute Gasteiger partial charge is 0.185 e. The minimum absolute atomic E-state index is 0.149. The van der Waals surface area contributed by atoms with Crippen molar-refractivity contribution in [2.45, 2.75) is 13.3 Å². The lowest BCUT2D eigenvalue weighted by Gasteiger charge is -1.93. The van der Waals surface area contributed by atoms with Gasteiger partial charge >= 0.3 is 0 Å². The van der Waals surface area contributed by atoms with Crippen LogP contribution in [0.25, 0.3) is 6.08 Å². The molecule has 1 rings (SSSR count). The van der Waals surface area contributed by atoms with E-state index in [0.717, 1.165) is 23.3 Å². The molecule has 0 amide bonds. The van der Waals surface area contributed by atoms with E-state index in [-0.39, 0.29) is 5.12 Å². The van der Waals surface area contributed by atoms with Crippen LogP contribution in [-0.2, 0) is 4.79 Å². The third-order valence-corrected chi connectivity index (χ3v) is 2.70. The van der Waals surface area contributed by atoms with Crippen LogP contribution in [0.2, 0.25) is 0 Å². The SMILES string of the molecule is C=Cc1cccc(C#CCCSC(C)=O)c1. The Bertz CT molecular complexity index is 438. The fourth-order valence-corrected chi connectivity index (χ4v) is 1.65. The summed E-state index contributed by atoms with van der Waals surface area (Å²) >= 11 is 1.32. The summed E-state index contributed by atoms with van der Waals surface area (Å²) in [5.41, 5.74) is 2.06. The highest BCUT2D eigenvalue weighted by Crippen LogP contribution is 2.05. The average Bonchev–Trinajstić information content (AvgIpc) is 2.28. The van der Waals surface area contributed by atoms with Crippen molar-refractivity contribution in [3.63, 3.8) is 0 Å². The lowest BCUT2D eigenvalue weighted by molar-refractivity contribution is -0.109. The minimum Gasteiger partial charge on any atom is -0.288 e. The van der Waals surface area contributed by atoms with E-state index in [1.807, 2.05) is 24.3 Å². The van der Waals surface area contributed by atoms with E-state index in [9.17, 15) is 4.79 Å². The summed E-state index contributed by atoms with van der Waals surface area (Å²) in [7, 11) is 0. The van der Waals surface area contributed by atoms with Crippen LogP contribution < -0.4 is 0 Å². The Labute approximate surface area is 101 Å². The number of benzene rings is 1. The van der Waals surface area contributed by atoms with Gasteiger partial charge in [-0.25, -0.2) is 0 Å². The first-order valence-corrected chi connectivity index (χ1v) is 6.05. The molecule has 1 nitrogen and oxygen atoms in total.